The van der Waals surface area contributed by atoms with E-state index in [0.717, 1.165) is 12.8 Å². The Bertz CT molecular complexity index is 936. The first-order valence-electron chi connectivity index (χ1n) is 9.53. The van der Waals surface area contributed by atoms with Crippen LogP contribution in [0, 0.1) is 5.82 Å². The van der Waals surface area contributed by atoms with Crippen molar-refractivity contribution < 1.29 is 17.6 Å². The van der Waals surface area contributed by atoms with E-state index in [1.165, 1.54) is 34.6 Å². The molecule has 0 N–H and O–H groups in total. The fraction of sp³-hybridized carbons (Fsp3) is 0.381. The SMILES string of the molecule is CCN(CC)S(=O)(=O)c1ccc(C(=O)N(Cc2ccccc2F)C2CC2)cc1. The van der Waals surface area contributed by atoms with E-state index < -0.39 is 10.0 Å². The molecule has 0 spiro atoms. The Morgan fingerprint density at radius 1 is 1.04 bits per heavy atom. The maximum Gasteiger partial charge on any atom is 0.254 e. The lowest BCUT2D eigenvalue weighted by Gasteiger charge is -2.23. The van der Waals surface area contributed by atoms with Crippen LogP contribution in [0.5, 0.6) is 0 Å². The molecule has 0 aromatic heterocycles. The van der Waals surface area contributed by atoms with Crippen molar-refractivity contribution in [3.05, 3.63) is 65.5 Å². The second-order valence-corrected chi connectivity index (χ2v) is 8.81. The molecule has 1 saturated carbocycles. The van der Waals surface area contributed by atoms with Gasteiger partial charge in [0.15, 0.2) is 0 Å². The molecule has 0 atom stereocenters. The van der Waals surface area contributed by atoms with Crippen LogP contribution in [0.15, 0.2) is 53.4 Å². The van der Waals surface area contributed by atoms with Gasteiger partial charge in [-0.2, -0.15) is 4.31 Å². The van der Waals surface area contributed by atoms with Crippen molar-refractivity contribution in [2.75, 3.05) is 13.1 Å². The number of nitrogens with zero attached hydrogens (tertiary/aromatic N) is 2. The van der Waals surface area contributed by atoms with Gasteiger partial charge in [0.25, 0.3) is 5.91 Å². The van der Waals surface area contributed by atoms with Crippen LogP contribution >= 0.6 is 0 Å². The van der Waals surface area contributed by atoms with Crippen molar-refractivity contribution in [2.45, 2.75) is 44.2 Å². The van der Waals surface area contributed by atoms with E-state index in [0.29, 0.717) is 24.2 Å². The molecule has 1 fully saturated rings. The summed E-state index contributed by atoms with van der Waals surface area (Å²) in [5.41, 5.74) is 0.880. The van der Waals surface area contributed by atoms with E-state index in [4.69, 9.17) is 0 Å². The molecular formula is C21H25FN2O3S. The Hall–Kier alpha value is -2.25. The highest BCUT2D eigenvalue weighted by atomic mass is 32.2. The number of hydrogen-bond donors (Lipinski definition) is 0. The molecule has 1 amide bonds. The zero-order valence-corrected chi connectivity index (χ0v) is 17.0. The summed E-state index contributed by atoms with van der Waals surface area (Å²) in [5.74, 6) is -0.542. The molecule has 2 aromatic carbocycles. The molecule has 3 rings (SSSR count). The lowest BCUT2D eigenvalue weighted by molar-refractivity contribution is 0.0728. The minimum absolute atomic E-state index is 0.103. The second kappa shape index (κ2) is 8.41. The number of amides is 1. The van der Waals surface area contributed by atoms with Crippen LogP contribution in [0.4, 0.5) is 4.39 Å². The van der Waals surface area contributed by atoms with Crippen molar-refractivity contribution in [3.63, 3.8) is 0 Å². The van der Waals surface area contributed by atoms with Gasteiger partial charge in [0.2, 0.25) is 10.0 Å². The van der Waals surface area contributed by atoms with Gasteiger partial charge in [-0.1, -0.05) is 32.0 Å². The summed E-state index contributed by atoms with van der Waals surface area (Å²) in [5, 5.41) is 0. The second-order valence-electron chi connectivity index (χ2n) is 6.87. The lowest BCUT2D eigenvalue weighted by atomic mass is 10.1. The highest BCUT2D eigenvalue weighted by Gasteiger charge is 2.33. The van der Waals surface area contributed by atoms with Crippen molar-refractivity contribution in [3.8, 4) is 0 Å². The summed E-state index contributed by atoms with van der Waals surface area (Å²) in [4.78, 5) is 14.8. The normalized spacial score (nSPS) is 14.3. The maximum atomic E-state index is 14.0. The predicted octanol–water partition coefficient (Wildman–Crippen LogP) is 3.66. The van der Waals surface area contributed by atoms with Crippen LogP contribution in [0.1, 0.15) is 42.6 Å². The number of rotatable bonds is 8. The molecule has 0 bridgehead atoms. The van der Waals surface area contributed by atoms with E-state index in [1.807, 2.05) is 0 Å². The zero-order chi connectivity index (χ0) is 20.3. The van der Waals surface area contributed by atoms with Crippen LogP contribution in [0.2, 0.25) is 0 Å². The Morgan fingerprint density at radius 2 is 1.64 bits per heavy atom. The number of carbonyl (C=O) groups is 1. The molecule has 2 aromatic rings. The first-order valence-corrected chi connectivity index (χ1v) is 11.0. The number of carbonyl (C=O) groups excluding carboxylic acids is 1. The van der Waals surface area contributed by atoms with Crippen LogP contribution < -0.4 is 0 Å². The van der Waals surface area contributed by atoms with Gasteiger partial charge in [-0.15, -0.1) is 0 Å². The van der Waals surface area contributed by atoms with Gasteiger partial charge < -0.3 is 4.90 Å². The largest absolute Gasteiger partial charge is 0.331 e. The third-order valence-electron chi connectivity index (χ3n) is 4.99. The van der Waals surface area contributed by atoms with Crippen LogP contribution in [-0.2, 0) is 16.6 Å². The summed E-state index contributed by atoms with van der Waals surface area (Å²) in [6.07, 6.45) is 1.79. The monoisotopic (exact) mass is 404 g/mol. The molecule has 0 aliphatic heterocycles. The quantitative estimate of drug-likeness (QED) is 0.675. The summed E-state index contributed by atoms with van der Waals surface area (Å²) in [7, 11) is -3.56. The maximum absolute atomic E-state index is 14.0. The van der Waals surface area contributed by atoms with Crippen LogP contribution in [-0.4, -0.2) is 42.7 Å². The van der Waals surface area contributed by atoms with Gasteiger partial charge in [0.1, 0.15) is 5.82 Å². The Labute approximate surface area is 165 Å². The van der Waals surface area contributed by atoms with Gasteiger partial charge in [-0.25, -0.2) is 12.8 Å². The molecule has 1 aliphatic rings. The third kappa shape index (κ3) is 4.25. The molecule has 0 unspecified atom stereocenters. The number of halogens is 1. The topological polar surface area (TPSA) is 57.7 Å². The van der Waals surface area contributed by atoms with Crippen molar-refractivity contribution >= 4 is 15.9 Å². The fourth-order valence-electron chi connectivity index (χ4n) is 3.21. The van der Waals surface area contributed by atoms with Crippen molar-refractivity contribution in [1.82, 2.24) is 9.21 Å². The smallest absolute Gasteiger partial charge is 0.254 e. The minimum Gasteiger partial charge on any atom is -0.331 e. The summed E-state index contributed by atoms with van der Waals surface area (Å²) in [6.45, 7) is 4.55. The highest BCUT2D eigenvalue weighted by Crippen LogP contribution is 2.30. The standard InChI is InChI=1S/C21H25FN2O3S/c1-3-23(4-2)28(26,27)19-13-9-16(10-14-19)21(25)24(18-11-12-18)15-17-7-5-6-8-20(17)22/h5-10,13-14,18H,3-4,11-12,15H2,1-2H3. The average Bonchev–Trinajstić information content (AvgIpc) is 3.53. The molecule has 0 saturated heterocycles. The van der Waals surface area contributed by atoms with Gasteiger partial charge in [0, 0.05) is 36.8 Å². The molecule has 1 aliphatic carbocycles. The molecular weight excluding hydrogens is 379 g/mol. The molecule has 150 valence electrons. The summed E-state index contributed by atoms with van der Waals surface area (Å²) < 4.78 is 40.6. The zero-order valence-electron chi connectivity index (χ0n) is 16.1. The average molecular weight is 405 g/mol. The molecule has 0 radical (unpaired) electrons. The highest BCUT2D eigenvalue weighted by molar-refractivity contribution is 7.89. The van der Waals surface area contributed by atoms with Gasteiger partial charge in [-0.05, 0) is 43.2 Å². The number of hydrogen-bond acceptors (Lipinski definition) is 3. The summed E-state index contributed by atoms with van der Waals surface area (Å²) >= 11 is 0. The van der Waals surface area contributed by atoms with Crippen molar-refractivity contribution in [2.24, 2.45) is 0 Å². The molecule has 0 heterocycles. The molecule has 28 heavy (non-hydrogen) atoms. The predicted molar refractivity (Wildman–Crippen MR) is 106 cm³/mol. The Morgan fingerprint density at radius 3 is 2.18 bits per heavy atom. The van der Waals surface area contributed by atoms with Gasteiger partial charge >= 0.3 is 0 Å². The minimum atomic E-state index is -3.56. The van der Waals surface area contributed by atoms with E-state index >= 15 is 0 Å². The molecule has 7 heteroatoms. The molecule has 5 nitrogen and oxygen atoms in total. The van der Waals surface area contributed by atoms with Crippen molar-refractivity contribution in [1.29, 1.82) is 0 Å². The summed E-state index contributed by atoms with van der Waals surface area (Å²) in [6, 6.07) is 12.5. The first kappa shape index (κ1) is 20.5. The van der Waals surface area contributed by atoms with Gasteiger partial charge in [-0.3, -0.25) is 4.79 Å². The van der Waals surface area contributed by atoms with E-state index in [-0.39, 0.29) is 29.2 Å². The van der Waals surface area contributed by atoms with Gasteiger partial charge in [0.05, 0.1) is 4.90 Å². The fourth-order valence-corrected chi connectivity index (χ4v) is 4.67. The Kier molecular flexibility index (Phi) is 6.15. The number of sulfonamides is 1. The van der Waals surface area contributed by atoms with E-state index in [9.17, 15) is 17.6 Å². The number of benzene rings is 2. The first-order chi connectivity index (χ1) is 13.4. The Balaban J connectivity index is 1.82. The van der Waals surface area contributed by atoms with E-state index in [1.54, 1.807) is 36.9 Å². The third-order valence-corrected chi connectivity index (χ3v) is 7.06. The van der Waals surface area contributed by atoms with Crippen LogP contribution in [0.3, 0.4) is 0 Å². The lowest BCUT2D eigenvalue weighted by Crippen LogP contribution is -2.33. The van der Waals surface area contributed by atoms with E-state index in [2.05, 4.69) is 0 Å². The van der Waals surface area contributed by atoms with Crippen LogP contribution in [0.25, 0.3) is 0 Å².